The Bertz CT molecular complexity index is 928. The normalized spacial score (nSPS) is 24.3. The van der Waals surface area contributed by atoms with E-state index in [-0.39, 0.29) is 0 Å². The fraction of sp³-hybridized carbons (Fsp3) is 0.543. The largest absolute Gasteiger partial charge is 0.493 e. The fourth-order valence-electron chi connectivity index (χ4n) is 6.02. The maximum atomic E-state index is 6.06. The Labute approximate surface area is 221 Å². The molecule has 0 spiro atoms. The summed E-state index contributed by atoms with van der Waals surface area (Å²) in [6.45, 7) is 5.31. The molecular formula is C35H48O. The number of hydrogen-bond donors (Lipinski definition) is 0. The molecule has 2 atom stereocenters. The number of allylic oxidation sites excluding steroid dienone is 2. The van der Waals surface area contributed by atoms with Crippen LogP contribution in [0.3, 0.4) is 0 Å². The van der Waals surface area contributed by atoms with Crippen LogP contribution in [0.5, 0.6) is 5.75 Å². The topological polar surface area (TPSA) is 9.23 Å². The van der Waals surface area contributed by atoms with Crippen molar-refractivity contribution in [3.05, 3.63) is 83.4 Å². The van der Waals surface area contributed by atoms with E-state index >= 15 is 0 Å². The van der Waals surface area contributed by atoms with Crippen molar-refractivity contribution < 1.29 is 4.74 Å². The maximum Gasteiger partial charge on any atom is 0.119 e. The molecule has 0 amide bonds. The summed E-state index contributed by atoms with van der Waals surface area (Å²) in [7, 11) is 0. The first-order valence-electron chi connectivity index (χ1n) is 14.9. The molecule has 0 bridgehead atoms. The number of rotatable bonds is 12. The molecule has 4 rings (SSSR count). The summed E-state index contributed by atoms with van der Waals surface area (Å²) in [5.41, 5.74) is 4.28. The predicted octanol–water partition coefficient (Wildman–Crippen LogP) is 10.2. The summed E-state index contributed by atoms with van der Waals surface area (Å²) in [6, 6.07) is 18.1. The van der Waals surface area contributed by atoms with Crippen molar-refractivity contribution in [1.29, 1.82) is 0 Å². The van der Waals surface area contributed by atoms with Crippen molar-refractivity contribution in [2.45, 2.75) is 96.8 Å². The fourth-order valence-corrected chi connectivity index (χ4v) is 6.02. The van der Waals surface area contributed by atoms with Gasteiger partial charge in [-0.25, -0.2) is 0 Å². The van der Waals surface area contributed by atoms with Crippen LogP contribution in [0.15, 0.2) is 66.8 Å². The van der Waals surface area contributed by atoms with Gasteiger partial charge in [0.15, 0.2) is 0 Å². The average Bonchev–Trinajstić information content (AvgIpc) is 2.93. The van der Waals surface area contributed by atoms with Crippen LogP contribution in [0.25, 0.3) is 6.08 Å². The molecule has 194 valence electrons. The van der Waals surface area contributed by atoms with E-state index in [2.05, 4.69) is 86.7 Å². The molecule has 1 saturated carbocycles. The van der Waals surface area contributed by atoms with Gasteiger partial charge in [-0.2, -0.15) is 0 Å². The van der Waals surface area contributed by atoms with E-state index in [1.807, 2.05) is 0 Å². The zero-order chi connectivity index (χ0) is 25.0. The number of ether oxygens (including phenoxy) is 1. The minimum atomic E-state index is 0.519. The maximum absolute atomic E-state index is 6.06. The molecule has 1 heteroatoms. The second-order valence-corrected chi connectivity index (χ2v) is 11.3. The standard InChI is InChI=1S/C35H48O/c1-3-5-6-8-29-15-21-33(22-16-29)34-23-17-31(18-24-34)10-9-30-11-13-32(14-12-30)27-36-35-25-19-28(7-4-2)20-26-35/h9-11,13,17-20,23-26,29-30,32-33H,3-8,12,14-16,21-22,27H2,1-2H3/b10-9+. The van der Waals surface area contributed by atoms with E-state index in [4.69, 9.17) is 4.74 Å². The van der Waals surface area contributed by atoms with Crippen LogP contribution in [0.2, 0.25) is 0 Å². The van der Waals surface area contributed by atoms with Gasteiger partial charge in [-0.15, -0.1) is 0 Å². The molecule has 2 aromatic carbocycles. The molecule has 0 heterocycles. The molecule has 0 aromatic heterocycles. The van der Waals surface area contributed by atoms with Gasteiger partial charge in [-0.3, -0.25) is 0 Å². The van der Waals surface area contributed by atoms with Crippen molar-refractivity contribution in [2.75, 3.05) is 6.61 Å². The highest BCUT2D eigenvalue weighted by Crippen LogP contribution is 2.38. The molecule has 0 radical (unpaired) electrons. The molecule has 0 aliphatic heterocycles. The lowest BCUT2D eigenvalue weighted by Gasteiger charge is -2.29. The van der Waals surface area contributed by atoms with Crippen LogP contribution < -0.4 is 4.74 Å². The molecule has 36 heavy (non-hydrogen) atoms. The number of benzene rings is 2. The Morgan fingerprint density at radius 2 is 1.56 bits per heavy atom. The smallest absolute Gasteiger partial charge is 0.119 e. The van der Waals surface area contributed by atoms with E-state index in [1.165, 1.54) is 81.8 Å². The molecule has 1 nitrogen and oxygen atoms in total. The van der Waals surface area contributed by atoms with Crippen molar-refractivity contribution in [3.8, 4) is 5.75 Å². The first-order valence-corrected chi connectivity index (χ1v) is 14.9. The van der Waals surface area contributed by atoms with Crippen LogP contribution in [-0.4, -0.2) is 6.61 Å². The van der Waals surface area contributed by atoms with E-state index in [0.717, 1.165) is 30.6 Å². The first kappa shape index (κ1) is 26.8. The Morgan fingerprint density at radius 3 is 2.22 bits per heavy atom. The van der Waals surface area contributed by atoms with Crippen molar-refractivity contribution in [1.82, 2.24) is 0 Å². The molecule has 0 saturated heterocycles. The molecule has 2 aliphatic carbocycles. The second-order valence-electron chi connectivity index (χ2n) is 11.3. The number of unbranched alkanes of at least 4 members (excludes halogenated alkanes) is 2. The predicted molar refractivity (Wildman–Crippen MR) is 156 cm³/mol. The van der Waals surface area contributed by atoms with Gasteiger partial charge in [-0.1, -0.05) is 107 Å². The van der Waals surface area contributed by atoms with Gasteiger partial charge in [0.1, 0.15) is 5.75 Å². The lowest BCUT2D eigenvalue weighted by Crippen LogP contribution is -2.14. The zero-order valence-corrected chi connectivity index (χ0v) is 22.8. The lowest BCUT2D eigenvalue weighted by molar-refractivity contribution is 0.259. The third-order valence-electron chi connectivity index (χ3n) is 8.43. The third kappa shape index (κ3) is 8.39. The highest BCUT2D eigenvalue weighted by Gasteiger charge is 2.22. The summed E-state index contributed by atoms with van der Waals surface area (Å²) in [5.74, 6) is 3.82. The first-order chi connectivity index (χ1) is 17.7. The van der Waals surface area contributed by atoms with E-state index in [9.17, 15) is 0 Å². The highest BCUT2D eigenvalue weighted by molar-refractivity contribution is 5.50. The monoisotopic (exact) mass is 484 g/mol. The van der Waals surface area contributed by atoms with Crippen LogP contribution in [0.1, 0.15) is 107 Å². The molecule has 2 unspecified atom stereocenters. The van der Waals surface area contributed by atoms with Gasteiger partial charge >= 0.3 is 0 Å². The third-order valence-corrected chi connectivity index (χ3v) is 8.43. The van der Waals surface area contributed by atoms with Gasteiger partial charge in [0.25, 0.3) is 0 Å². The minimum Gasteiger partial charge on any atom is -0.493 e. The summed E-state index contributed by atoms with van der Waals surface area (Å²) in [5, 5.41) is 0. The lowest BCUT2D eigenvalue weighted by atomic mass is 9.77. The highest BCUT2D eigenvalue weighted by atomic mass is 16.5. The van der Waals surface area contributed by atoms with Crippen LogP contribution in [-0.2, 0) is 6.42 Å². The molecule has 2 aliphatic rings. The number of hydrogen-bond acceptors (Lipinski definition) is 1. The zero-order valence-electron chi connectivity index (χ0n) is 22.8. The second kappa shape index (κ2) is 14.5. The summed E-state index contributed by atoms with van der Waals surface area (Å²) < 4.78 is 6.06. The Morgan fingerprint density at radius 1 is 0.778 bits per heavy atom. The Balaban J connectivity index is 1.18. The SMILES string of the molecule is CCCCCC1CCC(c2ccc(/C=C/C3C=CC(COc4ccc(CCC)cc4)CC3)cc2)CC1. The van der Waals surface area contributed by atoms with E-state index < -0.39 is 0 Å². The summed E-state index contributed by atoms with van der Waals surface area (Å²) >= 11 is 0. The van der Waals surface area contributed by atoms with Gasteiger partial charge in [0, 0.05) is 5.92 Å². The Hall–Kier alpha value is -2.28. The van der Waals surface area contributed by atoms with Crippen LogP contribution in [0, 0.1) is 17.8 Å². The number of aryl methyl sites for hydroxylation is 1. The van der Waals surface area contributed by atoms with E-state index in [1.54, 1.807) is 5.56 Å². The van der Waals surface area contributed by atoms with Crippen molar-refractivity contribution in [2.24, 2.45) is 17.8 Å². The van der Waals surface area contributed by atoms with Gasteiger partial charge in [-0.05, 0) is 91.5 Å². The van der Waals surface area contributed by atoms with Crippen molar-refractivity contribution >= 4 is 6.08 Å². The van der Waals surface area contributed by atoms with Gasteiger partial charge in [0.2, 0.25) is 0 Å². The summed E-state index contributed by atoms with van der Waals surface area (Å²) in [6.07, 6.45) is 25.5. The van der Waals surface area contributed by atoms with Crippen LogP contribution in [0.4, 0.5) is 0 Å². The minimum absolute atomic E-state index is 0.519. The van der Waals surface area contributed by atoms with Gasteiger partial charge in [0.05, 0.1) is 6.61 Å². The quantitative estimate of drug-likeness (QED) is 0.215. The average molecular weight is 485 g/mol. The Kier molecular flexibility index (Phi) is 10.8. The van der Waals surface area contributed by atoms with Gasteiger partial charge < -0.3 is 4.74 Å². The molecular weight excluding hydrogens is 436 g/mol. The van der Waals surface area contributed by atoms with Crippen LogP contribution >= 0.6 is 0 Å². The molecule has 2 aromatic rings. The summed E-state index contributed by atoms with van der Waals surface area (Å²) in [4.78, 5) is 0. The molecule has 0 N–H and O–H groups in total. The molecule has 1 fully saturated rings. The van der Waals surface area contributed by atoms with Crippen molar-refractivity contribution in [3.63, 3.8) is 0 Å². The van der Waals surface area contributed by atoms with E-state index in [0.29, 0.717) is 11.8 Å².